The molecular formula is C16H30N2O3. The Morgan fingerprint density at radius 1 is 1.29 bits per heavy atom. The SMILES string of the molecule is CC(CO)N1CCC[C@H](C2CN(C(=O)OC(C)(C)C)C2)C1. The van der Waals surface area contributed by atoms with Crippen molar-refractivity contribution in [1.29, 1.82) is 0 Å². The van der Waals surface area contributed by atoms with Crippen molar-refractivity contribution in [2.45, 2.75) is 52.2 Å². The molecule has 0 aromatic rings. The molecular weight excluding hydrogens is 268 g/mol. The quantitative estimate of drug-likeness (QED) is 0.865. The van der Waals surface area contributed by atoms with Crippen LogP contribution in [0.1, 0.15) is 40.5 Å². The van der Waals surface area contributed by atoms with Crippen LogP contribution in [0.3, 0.4) is 0 Å². The Morgan fingerprint density at radius 2 is 1.95 bits per heavy atom. The predicted octanol–water partition coefficient (Wildman–Crippen LogP) is 1.95. The van der Waals surface area contributed by atoms with Crippen LogP contribution in [0.5, 0.6) is 0 Å². The maximum Gasteiger partial charge on any atom is 0.410 e. The normalized spacial score (nSPS) is 26.3. The molecule has 21 heavy (non-hydrogen) atoms. The number of nitrogens with zero attached hydrogens (tertiary/aromatic N) is 2. The number of hydrogen-bond acceptors (Lipinski definition) is 4. The summed E-state index contributed by atoms with van der Waals surface area (Å²) in [6.45, 7) is 11.8. The number of rotatable bonds is 3. The molecule has 2 heterocycles. The molecule has 2 fully saturated rings. The Labute approximate surface area is 128 Å². The maximum absolute atomic E-state index is 11.9. The van der Waals surface area contributed by atoms with Gasteiger partial charge in [-0.05, 0) is 58.9 Å². The van der Waals surface area contributed by atoms with E-state index in [2.05, 4.69) is 11.8 Å². The van der Waals surface area contributed by atoms with Gasteiger partial charge in [0.15, 0.2) is 0 Å². The minimum atomic E-state index is -0.416. The van der Waals surface area contributed by atoms with Crippen LogP contribution in [0.4, 0.5) is 4.79 Å². The second kappa shape index (κ2) is 6.53. The Morgan fingerprint density at radius 3 is 2.52 bits per heavy atom. The van der Waals surface area contributed by atoms with Gasteiger partial charge in [-0.1, -0.05) is 0 Å². The second-order valence-electron chi connectivity index (χ2n) is 7.57. The van der Waals surface area contributed by atoms with Crippen LogP contribution in [0, 0.1) is 11.8 Å². The van der Waals surface area contributed by atoms with Crippen LogP contribution in [-0.4, -0.2) is 65.4 Å². The smallest absolute Gasteiger partial charge is 0.410 e. The van der Waals surface area contributed by atoms with Gasteiger partial charge in [-0.2, -0.15) is 0 Å². The lowest BCUT2D eigenvalue weighted by atomic mass is 9.80. The fourth-order valence-corrected chi connectivity index (χ4v) is 3.23. The fraction of sp³-hybridized carbons (Fsp3) is 0.938. The highest BCUT2D eigenvalue weighted by atomic mass is 16.6. The average Bonchev–Trinajstić information content (AvgIpc) is 2.34. The molecule has 0 saturated carbocycles. The molecule has 2 aliphatic rings. The summed E-state index contributed by atoms with van der Waals surface area (Å²) >= 11 is 0. The summed E-state index contributed by atoms with van der Waals surface area (Å²) < 4.78 is 5.40. The van der Waals surface area contributed by atoms with Crippen molar-refractivity contribution in [1.82, 2.24) is 9.80 Å². The molecule has 2 rings (SSSR count). The molecule has 1 unspecified atom stereocenters. The Balaban J connectivity index is 1.77. The van der Waals surface area contributed by atoms with Crippen molar-refractivity contribution in [3.05, 3.63) is 0 Å². The van der Waals surface area contributed by atoms with Gasteiger partial charge in [0.1, 0.15) is 5.60 Å². The van der Waals surface area contributed by atoms with E-state index in [4.69, 9.17) is 4.74 Å². The highest BCUT2D eigenvalue weighted by molar-refractivity contribution is 5.69. The highest BCUT2D eigenvalue weighted by Gasteiger charge is 2.39. The number of ether oxygens (including phenoxy) is 1. The lowest BCUT2D eigenvalue weighted by Gasteiger charge is -2.47. The van der Waals surface area contributed by atoms with Crippen LogP contribution >= 0.6 is 0 Å². The lowest BCUT2D eigenvalue weighted by molar-refractivity contribution is -0.0239. The van der Waals surface area contributed by atoms with Crippen molar-refractivity contribution in [3.8, 4) is 0 Å². The van der Waals surface area contributed by atoms with Crippen molar-refractivity contribution in [2.75, 3.05) is 32.8 Å². The third-order valence-corrected chi connectivity index (χ3v) is 4.60. The van der Waals surface area contributed by atoms with E-state index in [1.807, 2.05) is 25.7 Å². The molecule has 5 heteroatoms. The second-order valence-corrected chi connectivity index (χ2v) is 7.57. The molecule has 0 radical (unpaired) electrons. The molecule has 122 valence electrons. The summed E-state index contributed by atoms with van der Waals surface area (Å²) in [7, 11) is 0. The van der Waals surface area contributed by atoms with E-state index in [-0.39, 0.29) is 18.7 Å². The molecule has 2 saturated heterocycles. The molecule has 0 aromatic heterocycles. The van der Waals surface area contributed by atoms with Crippen molar-refractivity contribution < 1.29 is 14.6 Å². The zero-order valence-electron chi connectivity index (χ0n) is 13.8. The Kier molecular flexibility index (Phi) is 5.15. The number of aliphatic hydroxyl groups excluding tert-OH is 1. The number of likely N-dealkylation sites (tertiary alicyclic amines) is 2. The lowest BCUT2D eigenvalue weighted by Crippen LogP contribution is -2.57. The minimum absolute atomic E-state index is 0.185. The summed E-state index contributed by atoms with van der Waals surface area (Å²) in [5.41, 5.74) is -0.416. The van der Waals surface area contributed by atoms with Gasteiger partial charge >= 0.3 is 6.09 Å². The zero-order chi connectivity index (χ0) is 15.6. The van der Waals surface area contributed by atoms with Gasteiger partial charge in [0.05, 0.1) is 6.61 Å². The number of carbonyl (C=O) groups excluding carboxylic acids is 1. The summed E-state index contributed by atoms with van der Waals surface area (Å²) in [5.74, 6) is 1.23. The number of piperidine rings is 1. The number of hydrogen-bond donors (Lipinski definition) is 1. The van der Waals surface area contributed by atoms with E-state index >= 15 is 0 Å². The van der Waals surface area contributed by atoms with Gasteiger partial charge in [-0.15, -0.1) is 0 Å². The Hall–Kier alpha value is -0.810. The van der Waals surface area contributed by atoms with Gasteiger partial charge in [-0.25, -0.2) is 4.79 Å². The fourth-order valence-electron chi connectivity index (χ4n) is 3.23. The van der Waals surface area contributed by atoms with Crippen molar-refractivity contribution in [3.63, 3.8) is 0 Å². The van der Waals surface area contributed by atoms with E-state index in [1.165, 1.54) is 12.8 Å². The van der Waals surface area contributed by atoms with Crippen LogP contribution in [0.15, 0.2) is 0 Å². The van der Waals surface area contributed by atoms with Gasteiger partial charge in [0.2, 0.25) is 0 Å². The summed E-state index contributed by atoms with van der Waals surface area (Å²) in [6.07, 6.45) is 2.24. The first-order valence-electron chi connectivity index (χ1n) is 8.13. The number of aliphatic hydroxyl groups is 1. The standard InChI is InChI=1S/C16H30N2O3/c1-12(11-19)17-7-5-6-13(8-17)14-9-18(10-14)15(20)21-16(2,3)4/h12-14,19H,5-11H2,1-4H3/t12?,13-/m0/s1. The van der Waals surface area contributed by atoms with Gasteiger partial charge in [0.25, 0.3) is 0 Å². The topological polar surface area (TPSA) is 53.0 Å². The third kappa shape index (κ3) is 4.33. The zero-order valence-corrected chi connectivity index (χ0v) is 13.8. The highest BCUT2D eigenvalue weighted by Crippen LogP contribution is 2.32. The summed E-state index contributed by atoms with van der Waals surface area (Å²) in [6, 6.07) is 0.245. The van der Waals surface area contributed by atoms with Crippen LogP contribution in [0.25, 0.3) is 0 Å². The third-order valence-electron chi connectivity index (χ3n) is 4.60. The largest absolute Gasteiger partial charge is 0.444 e. The van der Waals surface area contributed by atoms with Crippen molar-refractivity contribution >= 4 is 6.09 Å². The van der Waals surface area contributed by atoms with E-state index in [0.717, 1.165) is 26.2 Å². The first kappa shape index (κ1) is 16.6. The van der Waals surface area contributed by atoms with E-state index in [9.17, 15) is 9.90 Å². The summed E-state index contributed by atoms with van der Waals surface area (Å²) in [5, 5.41) is 9.29. The van der Waals surface area contributed by atoms with Crippen LogP contribution in [-0.2, 0) is 4.74 Å². The van der Waals surface area contributed by atoms with E-state index in [1.54, 1.807) is 0 Å². The maximum atomic E-state index is 11.9. The van der Waals surface area contributed by atoms with Crippen LogP contribution in [0.2, 0.25) is 0 Å². The number of amides is 1. The minimum Gasteiger partial charge on any atom is -0.444 e. The number of carbonyl (C=O) groups is 1. The van der Waals surface area contributed by atoms with Crippen molar-refractivity contribution in [2.24, 2.45) is 11.8 Å². The Bertz CT molecular complexity index is 361. The molecule has 2 atom stereocenters. The predicted molar refractivity (Wildman–Crippen MR) is 82.1 cm³/mol. The first-order chi connectivity index (χ1) is 9.80. The van der Waals surface area contributed by atoms with Crippen LogP contribution < -0.4 is 0 Å². The molecule has 0 spiro atoms. The monoisotopic (exact) mass is 298 g/mol. The van der Waals surface area contributed by atoms with E-state index < -0.39 is 5.60 Å². The molecule has 0 bridgehead atoms. The first-order valence-corrected chi connectivity index (χ1v) is 8.13. The average molecular weight is 298 g/mol. The van der Waals surface area contributed by atoms with Gasteiger partial charge < -0.3 is 14.7 Å². The van der Waals surface area contributed by atoms with E-state index in [0.29, 0.717) is 11.8 Å². The molecule has 2 aliphatic heterocycles. The molecule has 0 aliphatic carbocycles. The molecule has 1 N–H and O–H groups in total. The molecule has 1 amide bonds. The summed E-state index contributed by atoms with van der Waals surface area (Å²) in [4.78, 5) is 16.1. The molecule has 0 aromatic carbocycles. The van der Waals surface area contributed by atoms with Gasteiger partial charge in [-0.3, -0.25) is 4.90 Å². The molecule has 5 nitrogen and oxygen atoms in total. The van der Waals surface area contributed by atoms with Gasteiger partial charge in [0, 0.05) is 25.7 Å².